The molecular weight excluding hydrogens is 262 g/mol. The van der Waals surface area contributed by atoms with E-state index < -0.39 is 0 Å². The second kappa shape index (κ2) is 7.00. The van der Waals surface area contributed by atoms with Crippen molar-refractivity contribution in [1.82, 2.24) is 0 Å². The fourth-order valence-corrected chi connectivity index (χ4v) is 2.58. The van der Waals surface area contributed by atoms with E-state index in [9.17, 15) is 0 Å². The van der Waals surface area contributed by atoms with Gasteiger partial charge in [0.15, 0.2) is 0 Å². The van der Waals surface area contributed by atoms with Crippen LogP contribution in [0.2, 0.25) is 0 Å². The van der Waals surface area contributed by atoms with Crippen molar-refractivity contribution in [1.29, 1.82) is 0 Å². The maximum absolute atomic E-state index is 5.97. The van der Waals surface area contributed by atoms with Crippen molar-refractivity contribution in [2.75, 3.05) is 5.75 Å². The number of hydrogen-bond donors (Lipinski definition) is 1. The number of ether oxygens (including phenoxy) is 1. The Kier molecular flexibility index (Phi) is 5.96. The summed E-state index contributed by atoms with van der Waals surface area (Å²) in [5.41, 5.74) is 6.70. The van der Waals surface area contributed by atoms with Crippen LogP contribution in [-0.2, 0) is 0 Å². The van der Waals surface area contributed by atoms with E-state index in [4.69, 9.17) is 22.7 Å². The molecule has 1 aromatic carbocycles. The van der Waals surface area contributed by atoms with Gasteiger partial charge in [-0.1, -0.05) is 39.1 Å². The smallest absolute Gasteiger partial charge is 0.131 e. The minimum absolute atomic E-state index is 0.139. The average molecular weight is 283 g/mol. The van der Waals surface area contributed by atoms with E-state index in [0.29, 0.717) is 10.9 Å². The van der Waals surface area contributed by atoms with Gasteiger partial charge in [0.25, 0.3) is 0 Å². The van der Waals surface area contributed by atoms with Crippen LogP contribution in [0.25, 0.3) is 0 Å². The lowest BCUT2D eigenvalue weighted by Gasteiger charge is -2.21. The molecular formula is C14H21NOS2. The summed E-state index contributed by atoms with van der Waals surface area (Å²) < 4.78 is 5.97. The van der Waals surface area contributed by atoms with Crippen LogP contribution in [0.1, 0.15) is 33.3 Å². The van der Waals surface area contributed by atoms with Gasteiger partial charge < -0.3 is 10.5 Å². The fraction of sp³-hybridized carbons (Fsp3) is 0.500. The molecule has 0 aliphatic heterocycles. The zero-order valence-electron chi connectivity index (χ0n) is 11.4. The SMILES string of the molecule is CCSc1cccc(OC(C)C(C)C)c1C(N)=S. The van der Waals surface area contributed by atoms with Gasteiger partial charge >= 0.3 is 0 Å². The van der Waals surface area contributed by atoms with Crippen molar-refractivity contribution in [2.45, 2.75) is 38.7 Å². The first-order valence-electron chi connectivity index (χ1n) is 6.19. The number of thiocarbonyl (C=S) groups is 1. The molecule has 0 fully saturated rings. The number of hydrogen-bond acceptors (Lipinski definition) is 3. The quantitative estimate of drug-likeness (QED) is 0.635. The highest BCUT2D eigenvalue weighted by Gasteiger charge is 2.16. The first kappa shape index (κ1) is 15.3. The van der Waals surface area contributed by atoms with Gasteiger partial charge in [-0.2, -0.15) is 0 Å². The lowest BCUT2D eigenvalue weighted by atomic mass is 10.1. The van der Waals surface area contributed by atoms with Gasteiger partial charge in [0.2, 0.25) is 0 Å². The van der Waals surface area contributed by atoms with Crippen molar-refractivity contribution >= 4 is 29.0 Å². The van der Waals surface area contributed by atoms with Gasteiger partial charge in [-0.25, -0.2) is 0 Å². The van der Waals surface area contributed by atoms with Crippen molar-refractivity contribution in [3.8, 4) is 5.75 Å². The molecule has 4 heteroatoms. The minimum Gasteiger partial charge on any atom is -0.490 e. The molecule has 2 nitrogen and oxygen atoms in total. The first-order valence-corrected chi connectivity index (χ1v) is 7.59. The van der Waals surface area contributed by atoms with E-state index in [1.54, 1.807) is 11.8 Å². The molecule has 1 unspecified atom stereocenters. The first-order chi connectivity index (χ1) is 8.47. The number of nitrogens with two attached hydrogens (primary N) is 1. The molecule has 0 bridgehead atoms. The molecule has 2 N–H and O–H groups in total. The molecule has 0 spiro atoms. The summed E-state index contributed by atoms with van der Waals surface area (Å²) in [6, 6.07) is 5.96. The second-order valence-electron chi connectivity index (χ2n) is 4.49. The lowest BCUT2D eigenvalue weighted by molar-refractivity contribution is 0.170. The van der Waals surface area contributed by atoms with E-state index >= 15 is 0 Å². The Morgan fingerprint density at radius 3 is 2.56 bits per heavy atom. The lowest BCUT2D eigenvalue weighted by Crippen LogP contribution is -2.21. The number of benzene rings is 1. The molecule has 100 valence electrons. The van der Waals surface area contributed by atoms with Gasteiger partial charge in [0.1, 0.15) is 10.7 Å². The number of rotatable bonds is 6. The highest BCUT2D eigenvalue weighted by Crippen LogP contribution is 2.31. The Morgan fingerprint density at radius 2 is 2.06 bits per heavy atom. The summed E-state index contributed by atoms with van der Waals surface area (Å²) >= 11 is 6.89. The van der Waals surface area contributed by atoms with Crippen LogP contribution in [0.5, 0.6) is 5.75 Å². The zero-order chi connectivity index (χ0) is 13.7. The van der Waals surface area contributed by atoms with Gasteiger partial charge in [-0.15, -0.1) is 11.8 Å². The third-order valence-corrected chi connectivity index (χ3v) is 3.93. The predicted molar refractivity (Wildman–Crippen MR) is 83.7 cm³/mol. The molecule has 0 heterocycles. The van der Waals surface area contributed by atoms with E-state index in [2.05, 4.69) is 27.7 Å². The summed E-state index contributed by atoms with van der Waals surface area (Å²) in [5, 5.41) is 0. The summed E-state index contributed by atoms with van der Waals surface area (Å²) in [7, 11) is 0. The van der Waals surface area contributed by atoms with Crippen LogP contribution in [0, 0.1) is 5.92 Å². The highest BCUT2D eigenvalue weighted by molar-refractivity contribution is 7.99. The molecule has 0 aromatic heterocycles. The Labute approximate surface area is 119 Å². The van der Waals surface area contributed by atoms with Crippen molar-refractivity contribution in [3.05, 3.63) is 23.8 Å². The van der Waals surface area contributed by atoms with Gasteiger partial charge in [0.05, 0.1) is 11.7 Å². The summed E-state index contributed by atoms with van der Waals surface area (Å²) in [6.07, 6.45) is 0.139. The Balaban J connectivity index is 3.10. The molecule has 18 heavy (non-hydrogen) atoms. The van der Waals surface area contributed by atoms with Gasteiger partial charge in [-0.05, 0) is 30.7 Å². The van der Waals surface area contributed by atoms with Crippen LogP contribution < -0.4 is 10.5 Å². The maximum Gasteiger partial charge on any atom is 0.131 e. The molecule has 0 saturated heterocycles. The molecule has 1 atom stereocenters. The molecule has 0 radical (unpaired) electrons. The normalized spacial score (nSPS) is 12.5. The summed E-state index contributed by atoms with van der Waals surface area (Å²) in [5.74, 6) is 2.23. The van der Waals surface area contributed by atoms with Gasteiger partial charge in [0, 0.05) is 4.90 Å². The van der Waals surface area contributed by atoms with E-state index in [1.165, 1.54) is 0 Å². The molecule has 0 saturated carbocycles. The molecule has 0 aliphatic carbocycles. The van der Waals surface area contributed by atoms with Crippen LogP contribution in [0.15, 0.2) is 23.1 Å². The van der Waals surface area contributed by atoms with Crippen LogP contribution in [0.4, 0.5) is 0 Å². The van der Waals surface area contributed by atoms with E-state index in [1.807, 2.05) is 18.2 Å². The summed E-state index contributed by atoms with van der Waals surface area (Å²) in [6.45, 7) is 8.44. The topological polar surface area (TPSA) is 35.2 Å². The van der Waals surface area contributed by atoms with Gasteiger partial charge in [-0.3, -0.25) is 0 Å². The second-order valence-corrected chi connectivity index (χ2v) is 6.24. The Morgan fingerprint density at radius 1 is 1.39 bits per heavy atom. The Hall–Kier alpha value is -0.740. The third-order valence-electron chi connectivity index (χ3n) is 2.79. The highest BCUT2D eigenvalue weighted by atomic mass is 32.2. The maximum atomic E-state index is 5.97. The van der Waals surface area contributed by atoms with Crippen LogP contribution in [0.3, 0.4) is 0 Å². The van der Waals surface area contributed by atoms with Crippen LogP contribution >= 0.6 is 24.0 Å². The van der Waals surface area contributed by atoms with E-state index in [0.717, 1.165) is 22.0 Å². The zero-order valence-corrected chi connectivity index (χ0v) is 13.0. The Bertz CT molecular complexity index is 418. The standard InChI is InChI=1S/C14H21NOS2/c1-5-18-12-8-6-7-11(13(12)14(15)17)16-10(4)9(2)3/h6-10H,5H2,1-4H3,(H2,15,17). The monoisotopic (exact) mass is 283 g/mol. The number of thioether (sulfide) groups is 1. The molecule has 0 aliphatic rings. The van der Waals surface area contributed by atoms with Crippen LogP contribution in [-0.4, -0.2) is 16.8 Å². The summed E-state index contributed by atoms with van der Waals surface area (Å²) in [4.78, 5) is 1.50. The molecule has 1 rings (SSSR count). The fourth-order valence-electron chi connectivity index (χ4n) is 1.46. The minimum atomic E-state index is 0.139. The predicted octanol–water partition coefficient (Wildman–Crippen LogP) is 3.86. The largest absolute Gasteiger partial charge is 0.490 e. The third kappa shape index (κ3) is 3.89. The average Bonchev–Trinajstić information content (AvgIpc) is 2.29. The van der Waals surface area contributed by atoms with Crippen molar-refractivity contribution in [3.63, 3.8) is 0 Å². The van der Waals surface area contributed by atoms with Crippen molar-refractivity contribution in [2.24, 2.45) is 11.7 Å². The molecule has 0 amide bonds. The molecule has 1 aromatic rings. The van der Waals surface area contributed by atoms with Crippen molar-refractivity contribution < 1.29 is 4.74 Å². The van der Waals surface area contributed by atoms with E-state index in [-0.39, 0.29) is 6.10 Å².